The summed E-state index contributed by atoms with van der Waals surface area (Å²) in [5, 5.41) is 13.1. The molecule has 2 fully saturated rings. The Labute approximate surface area is 140 Å². The van der Waals surface area contributed by atoms with Gasteiger partial charge >= 0.3 is 0 Å². The van der Waals surface area contributed by atoms with E-state index in [-0.39, 0.29) is 29.5 Å². The first-order chi connectivity index (χ1) is 11.6. The second kappa shape index (κ2) is 7.67. The minimum Gasteiger partial charge on any atom is -0.391 e. The molecule has 0 spiro atoms. The van der Waals surface area contributed by atoms with Crippen LogP contribution in [0.1, 0.15) is 29.8 Å². The van der Waals surface area contributed by atoms with Crippen molar-refractivity contribution >= 4 is 11.8 Å². The van der Waals surface area contributed by atoms with E-state index in [2.05, 4.69) is 15.3 Å². The fourth-order valence-corrected chi connectivity index (χ4v) is 3.24. The molecule has 1 aliphatic carbocycles. The third kappa shape index (κ3) is 3.88. The van der Waals surface area contributed by atoms with Gasteiger partial charge in [0.05, 0.1) is 31.6 Å². The predicted molar refractivity (Wildman–Crippen MR) is 84.0 cm³/mol. The van der Waals surface area contributed by atoms with E-state index >= 15 is 0 Å². The molecule has 3 atom stereocenters. The third-order valence-electron chi connectivity index (χ3n) is 4.60. The van der Waals surface area contributed by atoms with Gasteiger partial charge in [0.15, 0.2) is 0 Å². The van der Waals surface area contributed by atoms with E-state index in [0.717, 1.165) is 0 Å². The van der Waals surface area contributed by atoms with Crippen molar-refractivity contribution in [2.24, 2.45) is 5.92 Å². The number of nitrogens with one attached hydrogen (secondary N) is 1. The second-order valence-corrected chi connectivity index (χ2v) is 6.19. The maximum absolute atomic E-state index is 12.5. The number of hydrogen-bond donors (Lipinski definition) is 2. The smallest absolute Gasteiger partial charge is 0.271 e. The number of carbonyl (C=O) groups excluding carboxylic acids is 2. The number of rotatable bonds is 3. The Morgan fingerprint density at radius 2 is 2.04 bits per heavy atom. The minimum absolute atomic E-state index is 0.0797. The number of carbonyl (C=O) groups is 2. The van der Waals surface area contributed by atoms with Crippen LogP contribution in [0, 0.1) is 5.92 Å². The minimum atomic E-state index is -0.741. The van der Waals surface area contributed by atoms with Gasteiger partial charge in [-0.15, -0.1) is 0 Å². The largest absolute Gasteiger partial charge is 0.391 e. The van der Waals surface area contributed by atoms with Gasteiger partial charge in [-0.25, -0.2) is 4.98 Å². The van der Waals surface area contributed by atoms with Crippen molar-refractivity contribution in [1.82, 2.24) is 20.2 Å². The van der Waals surface area contributed by atoms with Gasteiger partial charge in [-0.05, 0) is 19.3 Å². The molecule has 1 saturated heterocycles. The van der Waals surface area contributed by atoms with Gasteiger partial charge in [-0.3, -0.25) is 14.6 Å². The zero-order valence-corrected chi connectivity index (χ0v) is 13.4. The number of amides is 2. The average molecular weight is 334 g/mol. The molecule has 0 unspecified atom stereocenters. The summed E-state index contributed by atoms with van der Waals surface area (Å²) in [5.41, 5.74) is 0.219. The Balaban J connectivity index is 1.53. The molecule has 0 radical (unpaired) electrons. The molecule has 2 aliphatic rings. The van der Waals surface area contributed by atoms with E-state index < -0.39 is 6.10 Å². The second-order valence-electron chi connectivity index (χ2n) is 6.19. The van der Waals surface area contributed by atoms with Crippen LogP contribution in [0.25, 0.3) is 0 Å². The molecular formula is C16H22N4O4. The predicted octanol–water partition coefficient (Wildman–Crippen LogP) is -0.405. The molecule has 1 aromatic heterocycles. The van der Waals surface area contributed by atoms with Crippen LogP contribution in [0.4, 0.5) is 0 Å². The lowest BCUT2D eigenvalue weighted by Crippen LogP contribution is -2.51. The Morgan fingerprint density at radius 3 is 2.71 bits per heavy atom. The van der Waals surface area contributed by atoms with Gasteiger partial charge in [0, 0.05) is 31.4 Å². The zero-order chi connectivity index (χ0) is 16.9. The highest BCUT2D eigenvalue weighted by atomic mass is 16.5. The maximum Gasteiger partial charge on any atom is 0.271 e. The molecule has 0 bridgehead atoms. The SMILES string of the molecule is O=C(N[C@H]1CC[C@H](C(=O)N2CCOCC2)C[C@@H]1O)c1cnccn1. The quantitative estimate of drug-likeness (QED) is 0.779. The highest BCUT2D eigenvalue weighted by Gasteiger charge is 2.36. The summed E-state index contributed by atoms with van der Waals surface area (Å²) in [6.45, 7) is 2.35. The van der Waals surface area contributed by atoms with Crippen LogP contribution in [0.15, 0.2) is 18.6 Å². The molecule has 1 aliphatic heterocycles. The van der Waals surface area contributed by atoms with E-state index in [0.29, 0.717) is 45.6 Å². The van der Waals surface area contributed by atoms with Crippen LogP contribution < -0.4 is 5.32 Å². The molecule has 2 heterocycles. The van der Waals surface area contributed by atoms with Gasteiger partial charge in [0.1, 0.15) is 5.69 Å². The number of aliphatic hydroxyl groups is 1. The molecule has 0 aromatic carbocycles. The Kier molecular flexibility index (Phi) is 5.37. The lowest BCUT2D eigenvalue weighted by atomic mass is 9.83. The lowest BCUT2D eigenvalue weighted by Gasteiger charge is -2.36. The van der Waals surface area contributed by atoms with E-state index in [1.165, 1.54) is 18.6 Å². The van der Waals surface area contributed by atoms with Crippen LogP contribution in [0.3, 0.4) is 0 Å². The average Bonchev–Trinajstić information content (AvgIpc) is 2.64. The summed E-state index contributed by atoms with van der Waals surface area (Å²) in [6.07, 6.45) is 5.16. The maximum atomic E-state index is 12.5. The van der Waals surface area contributed by atoms with Crippen LogP contribution >= 0.6 is 0 Å². The normalized spacial score (nSPS) is 27.5. The molecule has 2 N–H and O–H groups in total. The third-order valence-corrected chi connectivity index (χ3v) is 4.60. The first-order valence-electron chi connectivity index (χ1n) is 8.26. The van der Waals surface area contributed by atoms with Gasteiger partial charge < -0.3 is 20.1 Å². The van der Waals surface area contributed by atoms with Gasteiger partial charge in [-0.2, -0.15) is 0 Å². The van der Waals surface area contributed by atoms with Crippen LogP contribution in [0.5, 0.6) is 0 Å². The monoisotopic (exact) mass is 334 g/mol. The van der Waals surface area contributed by atoms with Crippen molar-refractivity contribution < 1.29 is 19.4 Å². The molecule has 1 aromatic rings. The first kappa shape index (κ1) is 16.8. The number of nitrogens with zero attached hydrogens (tertiary/aromatic N) is 3. The van der Waals surface area contributed by atoms with E-state index in [4.69, 9.17) is 4.74 Å². The Bertz CT molecular complexity index is 577. The van der Waals surface area contributed by atoms with Gasteiger partial charge in [0.2, 0.25) is 5.91 Å². The summed E-state index contributed by atoms with van der Waals surface area (Å²) in [5.74, 6) is -0.469. The van der Waals surface area contributed by atoms with Crippen LogP contribution in [0.2, 0.25) is 0 Å². The standard InChI is InChI=1S/C16H22N4O4/c21-14-9-11(16(23)20-5-7-24-8-6-20)1-2-12(14)19-15(22)13-10-17-3-4-18-13/h3-4,10-12,14,21H,1-2,5-9H2,(H,19,22)/t11-,12-,14-/m0/s1. The number of aliphatic hydroxyl groups excluding tert-OH is 1. The molecular weight excluding hydrogens is 312 g/mol. The number of aromatic nitrogens is 2. The number of hydrogen-bond acceptors (Lipinski definition) is 6. The number of ether oxygens (including phenoxy) is 1. The Morgan fingerprint density at radius 1 is 1.25 bits per heavy atom. The highest BCUT2D eigenvalue weighted by Crippen LogP contribution is 2.27. The number of morpholine rings is 1. The molecule has 2 amide bonds. The summed E-state index contributed by atoms with van der Waals surface area (Å²) in [4.78, 5) is 34.2. The topological polar surface area (TPSA) is 105 Å². The van der Waals surface area contributed by atoms with E-state index in [1.54, 1.807) is 4.90 Å². The fraction of sp³-hybridized carbons (Fsp3) is 0.625. The summed E-state index contributed by atoms with van der Waals surface area (Å²) in [7, 11) is 0. The Hall–Kier alpha value is -2.06. The van der Waals surface area contributed by atoms with Gasteiger partial charge in [-0.1, -0.05) is 0 Å². The fourth-order valence-electron chi connectivity index (χ4n) is 3.24. The van der Waals surface area contributed by atoms with E-state index in [9.17, 15) is 14.7 Å². The van der Waals surface area contributed by atoms with Crippen LogP contribution in [-0.4, -0.2) is 70.2 Å². The highest BCUT2D eigenvalue weighted by molar-refractivity contribution is 5.92. The molecule has 8 heteroatoms. The zero-order valence-electron chi connectivity index (χ0n) is 13.4. The summed E-state index contributed by atoms with van der Waals surface area (Å²) >= 11 is 0. The molecule has 130 valence electrons. The van der Waals surface area contributed by atoms with Gasteiger partial charge in [0.25, 0.3) is 5.91 Å². The van der Waals surface area contributed by atoms with Crippen molar-refractivity contribution in [3.05, 3.63) is 24.3 Å². The first-order valence-corrected chi connectivity index (χ1v) is 8.26. The van der Waals surface area contributed by atoms with E-state index in [1.807, 2.05) is 0 Å². The van der Waals surface area contributed by atoms with Crippen molar-refractivity contribution in [2.45, 2.75) is 31.4 Å². The molecule has 3 rings (SSSR count). The van der Waals surface area contributed by atoms with Crippen molar-refractivity contribution in [1.29, 1.82) is 0 Å². The molecule has 8 nitrogen and oxygen atoms in total. The lowest BCUT2D eigenvalue weighted by molar-refractivity contribution is -0.142. The van der Waals surface area contributed by atoms with Crippen LogP contribution in [-0.2, 0) is 9.53 Å². The van der Waals surface area contributed by atoms with Crippen molar-refractivity contribution in [2.75, 3.05) is 26.3 Å². The summed E-state index contributed by atoms with van der Waals surface area (Å²) < 4.78 is 5.26. The molecule has 1 saturated carbocycles. The molecule has 24 heavy (non-hydrogen) atoms. The van der Waals surface area contributed by atoms with Crippen molar-refractivity contribution in [3.8, 4) is 0 Å². The van der Waals surface area contributed by atoms with Crippen molar-refractivity contribution in [3.63, 3.8) is 0 Å². The summed E-state index contributed by atoms with van der Waals surface area (Å²) in [6, 6.07) is -0.367.